The van der Waals surface area contributed by atoms with Gasteiger partial charge in [0, 0.05) is 11.9 Å². The Hall–Kier alpha value is -2.56. The third-order valence-electron chi connectivity index (χ3n) is 4.54. The molecule has 2 aromatic carbocycles. The van der Waals surface area contributed by atoms with Crippen LogP contribution in [0.15, 0.2) is 42.5 Å². The molecule has 0 saturated carbocycles. The average molecular weight is 329 g/mol. The van der Waals surface area contributed by atoms with Gasteiger partial charge in [-0.1, -0.05) is 50.2 Å². The van der Waals surface area contributed by atoms with E-state index >= 15 is 0 Å². The van der Waals surface area contributed by atoms with Crippen molar-refractivity contribution in [2.75, 3.05) is 13.2 Å². The summed E-state index contributed by atoms with van der Waals surface area (Å²) in [7, 11) is 0. The Kier molecular flexibility index (Phi) is 5.79. The van der Waals surface area contributed by atoms with Gasteiger partial charge < -0.3 is 15.2 Å². The number of fused-ring (bicyclic) bond motifs is 1. The zero-order chi connectivity index (χ0) is 17.6. The number of nitrogens with one attached hydrogen (secondary N) is 1. The van der Waals surface area contributed by atoms with Crippen molar-refractivity contribution in [1.82, 2.24) is 5.32 Å². The summed E-state index contributed by atoms with van der Waals surface area (Å²) in [6, 6.07) is 13.4. The molecule has 128 valence electrons. The van der Waals surface area contributed by atoms with Crippen LogP contribution in [0.4, 0.5) is 0 Å². The molecule has 0 aliphatic carbocycles. The third kappa shape index (κ3) is 3.85. The molecule has 0 spiro atoms. The maximum absolute atomic E-state index is 12.0. The van der Waals surface area contributed by atoms with Crippen molar-refractivity contribution in [3.8, 4) is 5.75 Å². The lowest BCUT2D eigenvalue weighted by molar-refractivity contribution is -0.149. The number of carboxylic acids is 1. The number of ether oxygens (including phenoxy) is 1. The zero-order valence-electron chi connectivity index (χ0n) is 14.0. The number of carbonyl (C=O) groups is 2. The highest BCUT2D eigenvalue weighted by atomic mass is 16.5. The Morgan fingerprint density at radius 3 is 2.42 bits per heavy atom. The number of benzene rings is 2. The number of rotatable bonds is 8. The Labute approximate surface area is 141 Å². The van der Waals surface area contributed by atoms with E-state index in [1.54, 1.807) is 0 Å². The minimum absolute atomic E-state index is 0.104. The highest BCUT2D eigenvalue weighted by Crippen LogP contribution is 2.26. The molecular weight excluding hydrogens is 306 g/mol. The van der Waals surface area contributed by atoms with E-state index < -0.39 is 11.4 Å². The van der Waals surface area contributed by atoms with Crippen LogP contribution in [-0.4, -0.2) is 30.1 Å². The maximum Gasteiger partial charge on any atom is 0.311 e. The summed E-state index contributed by atoms with van der Waals surface area (Å²) in [6.45, 7) is 3.59. The summed E-state index contributed by atoms with van der Waals surface area (Å²) in [6.07, 6.45) is 0.923. The fraction of sp³-hybridized carbons (Fsp3) is 0.368. The van der Waals surface area contributed by atoms with E-state index in [4.69, 9.17) is 4.74 Å². The van der Waals surface area contributed by atoms with Gasteiger partial charge in [-0.15, -0.1) is 0 Å². The highest BCUT2D eigenvalue weighted by Gasteiger charge is 2.35. The molecule has 0 saturated heterocycles. The van der Waals surface area contributed by atoms with Crippen LogP contribution in [0, 0.1) is 5.41 Å². The van der Waals surface area contributed by atoms with Crippen LogP contribution >= 0.6 is 0 Å². The summed E-state index contributed by atoms with van der Waals surface area (Å²) < 4.78 is 5.61. The van der Waals surface area contributed by atoms with Gasteiger partial charge in [-0.05, 0) is 24.3 Å². The van der Waals surface area contributed by atoms with Crippen LogP contribution in [0.1, 0.15) is 26.7 Å². The number of carboxylic acid groups (broad SMARTS) is 1. The van der Waals surface area contributed by atoms with Crippen LogP contribution in [0.3, 0.4) is 0 Å². The lowest BCUT2D eigenvalue weighted by Gasteiger charge is -2.26. The molecule has 5 nitrogen and oxygen atoms in total. The Bertz CT molecular complexity index is 717. The van der Waals surface area contributed by atoms with Crippen molar-refractivity contribution in [3.63, 3.8) is 0 Å². The molecule has 0 unspecified atom stereocenters. The fourth-order valence-corrected chi connectivity index (χ4v) is 2.66. The normalized spacial score (nSPS) is 11.2. The molecule has 2 aromatic rings. The number of hydrogen-bond acceptors (Lipinski definition) is 3. The molecular formula is C19H23NO4. The quantitative estimate of drug-likeness (QED) is 0.779. The van der Waals surface area contributed by atoms with E-state index in [0.717, 1.165) is 10.8 Å². The molecule has 2 rings (SSSR count). The van der Waals surface area contributed by atoms with Gasteiger partial charge in [0.1, 0.15) is 5.75 Å². The summed E-state index contributed by atoms with van der Waals surface area (Å²) in [5.74, 6) is -0.572. The molecule has 0 radical (unpaired) electrons. The van der Waals surface area contributed by atoms with Gasteiger partial charge in [0.2, 0.25) is 0 Å². The molecule has 1 amide bonds. The highest BCUT2D eigenvalue weighted by molar-refractivity contribution is 5.88. The second-order valence-corrected chi connectivity index (χ2v) is 5.84. The van der Waals surface area contributed by atoms with Crippen molar-refractivity contribution in [3.05, 3.63) is 42.5 Å². The summed E-state index contributed by atoms with van der Waals surface area (Å²) in [5.41, 5.74) is -0.922. The van der Waals surface area contributed by atoms with Gasteiger partial charge in [0.25, 0.3) is 5.91 Å². The van der Waals surface area contributed by atoms with Crippen molar-refractivity contribution >= 4 is 22.6 Å². The number of aliphatic carboxylic acids is 1. The maximum atomic E-state index is 12.0. The molecule has 0 aliphatic rings. The molecule has 24 heavy (non-hydrogen) atoms. The van der Waals surface area contributed by atoms with Gasteiger partial charge in [-0.3, -0.25) is 9.59 Å². The topological polar surface area (TPSA) is 75.6 Å². The summed E-state index contributed by atoms with van der Waals surface area (Å²) >= 11 is 0. The van der Waals surface area contributed by atoms with E-state index in [0.29, 0.717) is 18.6 Å². The SMILES string of the molecule is CCC(CC)(CNC(=O)COc1cccc2ccccc12)C(=O)O. The predicted octanol–water partition coefficient (Wildman–Crippen LogP) is 3.23. The first-order valence-electron chi connectivity index (χ1n) is 8.13. The Balaban J connectivity index is 1.97. The van der Waals surface area contributed by atoms with Gasteiger partial charge >= 0.3 is 5.97 Å². The van der Waals surface area contributed by atoms with Gasteiger partial charge in [0.05, 0.1) is 5.41 Å². The summed E-state index contributed by atoms with van der Waals surface area (Å²) in [4.78, 5) is 23.5. The van der Waals surface area contributed by atoms with Gasteiger partial charge in [0.15, 0.2) is 6.61 Å². The second kappa shape index (κ2) is 7.81. The minimum atomic E-state index is -0.922. The number of carbonyl (C=O) groups excluding carboxylic acids is 1. The van der Waals surface area contributed by atoms with Crippen LogP contribution in [0.2, 0.25) is 0 Å². The largest absolute Gasteiger partial charge is 0.483 e. The molecule has 5 heteroatoms. The number of hydrogen-bond donors (Lipinski definition) is 2. The zero-order valence-corrected chi connectivity index (χ0v) is 14.0. The molecule has 0 heterocycles. The number of amides is 1. The molecule has 2 N–H and O–H groups in total. The minimum Gasteiger partial charge on any atom is -0.483 e. The van der Waals surface area contributed by atoms with Crippen molar-refractivity contribution in [1.29, 1.82) is 0 Å². The fourth-order valence-electron chi connectivity index (χ4n) is 2.66. The molecule has 0 aliphatic heterocycles. The first kappa shape index (κ1) is 17.8. The molecule has 0 fully saturated rings. The Morgan fingerprint density at radius 2 is 1.75 bits per heavy atom. The Morgan fingerprint density at radius 1 is 1.08 bits per heavy atom. The van der Waals surface area contributed by atoms with E-state index in [2.05, 4.69) is 5.32 Å². The first-order valence-corrected chi connectivity index (χ1v) is 8.13. The van der Waals surface area contributed by atoms with Crippen LogP contribution < -0.4 is 10.1 Å². The van der Waals surface area contributed by atoms with E-state index in [-0.39, 0.29) is 19.1 Å². The second-order valence-electron chi connectivity index (χ2n) is 5.84. The average Bonchev–Trinajstić information content (AvgIpc) is 2.61. The van der Waals surface area contributed by atoms with Crippen molar-refractivity contribution < 1.29 is 19.4 Å². The van der Waals surface area contributed by atoms with Crippen LogP contribution in [-0.2, 0) is 9.59 Å². The van der Waals surface area contributed by atoms with Crippen LogP contribution in [0.5, 0.6) is 5.75 Å². The predicted molar refractivity (Wildman–Crippen MR) is 93.1 cm³/mol. The van der Waals surface area contributed by atoms with Crippen LogP contribution in [0.25, 0.3) is 10.8 Å². The molecule has 0 aromatic heterocycles. The van der Waals surface area contributed by atoms with E-state index in [1.807, 2.05) is 56.3 Å². The monoisotopic (exact) mass is 329 g/mol. The van der Waals surface area contributed by atoms with Crippen molar-refractivity contribution in [2.45, 2.75) is 26.7 Å². The van der Waals surface area contributed by atoms with E-state index in [9.17, 15) is 14.7 Å². The molecule has 0 bridgehead atoms. The smallest absolute Gasteiger partial charge is 0.311 e. The van der Waals surface area contributed by atoms with Gasteiger partial charge in [-0.2, -0.15) is 0 Å². The lowest BCUT2D eigenvalue weighted by atomic mass is 9.82. The standard InChI is InChI=1S/C19H23NO4/c1-3-19(4-2,18(22)23)13-20-17(21)12-24-16-11-7-9-14-8-5-6-10-15(14)16/h5-11H,3-4,12-13H2,1-2H3,(H,20,21)(H,22,23). The third-order valence-corrected chi connectivity index (χ3v) is 4.54. The lowest BCUT2D eigenvalue weighted by Crippen LogP contribution is -2.43. The van der Waals surface area contributed by atoms with Crippen molar-refractivity contribution in [2.24, 2.45) is 5.41 Å². The van der Waals surface area contributed by atoms with Gasteiger partial charge in [-0.25, -0.2) is 0 Å². The van der Waals surface area contributed by atoms with E-state index in [1.165, 1.54) is 0 Å². The first-order chi connectivity index (χ1) is 11.5. The molecule has 0 atom stereocenters. The summed E-state index contributed by atoms with van der Waals surface area (Å²) in [5, 5.41) is 14.0.